The van der Waals surface area contributed by atoms with Crippen molar-refractivity contribution in [3.63, 3.8) is 0 Å². The number of sulfonamides is 1. The van der Waals surface area contributed by atoms with Gasteiger partial charge < -0.3 is 4.98 Å². The lowest BCUT2D eigenvalue weighted by atomic mass is 10.2. The fourth-order valence-electron chi connectivity index (χ4n) is 2.73. The predicted molar refractivity (Wildman–Crippen MR) is 110 cm³/mol. The Morgan fingerprint density at radius 3 is 2.53 bits per heavy atom. The van der Waals surface area contributed by atoms with E-state index in [0.717, 1.165) is 29.0 Å². The second-order valence-corrected chi connectivity index (χ2v) is 8.98. The molecule has 2 heterocycles. The molecule has 2 aromatic carbocycles. The number of fused-ring (bicyclic) bond motifs is 1. The summed E-state index contributed by atoms with van der Waals surface area (Å²) < 4.78 is 54.6. The second kappa shape index (κ2) is 7.50. The molecule has 11 heteroatoms. The van der Waals surface area contributed by atoms with Crippen LogP contribution < -0.4 is 10.0 Å². The molecule has 4 rings (SSSR count). The van der Waals surface area contributed by atoms with Crippen molar-refractivity contribution in [2.75, 3.05) is 10.0 Å². The van der Waals surface area contributed by atoms with Gasteiger partial charge in [0.1, 0.15) is 9.77 Å². The number of hydrogen-bond donors (Lipinski definition) is 3. The molecule has 7 nitrogen and oxygen atoms in total. The standard InChI is InChI=1S/C19H14F2N4O3S2/c1-10-2-4-11(5-3-10)25-30(27,28)16-6-7-29-17(16)18(26)24-19-22-14-8-12(20)13(21)9-15(14)23-19/h2-9,25H,1H3,(H2,22,23,24,26). The summed E-state index contributed by atoms with van der Waals surface area (Å²) in [5, 5.41) is 3.90. The molecule has 0 saturated heterocycles. The number of benzene rings is 2. The molecule has 0 aliphatic heterocycles. The second-order valence-electron chi connectivity index (χ2n) is 6.41. The summed E-state index contributed by atoms with van der Waals surface area (Å²) in [6, 6.07) is 9.87. The zero-order valence-electron chi connectivity index (χ0n) is 15.4. The first kappa shape index (κ1) is 20.0. The highest BCUT2D eigenvalue weighted by Crippen LogP contribution is 2.26. The fourth-order valence-corrected chi connectivity index (χ4v) is 5.12. The number of nitrogens with one attached hydrogen (secondary N) is 3. The minimum absolute atomic E-state index is 0.0626. The highest BCUT2D eigenvalue weighted by molar-refractivity contribution is 7.93. The summed E-state index contributed by atoms with van der Waals surface area (Å²) in [6.45, 7) is 1.88. The van der Waals surface area contributed by atoms with Gasteiger partial charge in [-0.1, -0.05) is 17.7 Å². The molecule has 0 radical (unpaired) electrons. The monoisotopic (exact) mass is 448 g/mol. The van der Waals surface area contributed by atoms with Gasteiger partial charge in [0, 0.05) is 17.8 Å². The molecular formula is C19H14F2N4O3S2. The van der Waals surface area contributed by atoms with E-state index in [0.29, 0.717) is 5.69 Å². The molecule has 0 bridgehead atoms. The number of nitrogens with zero attached hydrogens (tertiary/aromatic N) is 1. The van der Waals surface area contributed by atoms with E-state index in [1.807, 2.05) is 6.92 Å². The van der Waals surface area contributed by atoms with Crippen molar-refractivity contribution < 1.29 is 22.0 Å². The maximum atomic E-state index is 13.3. The minimum Gasteiger partial charge on any atom is -0.324 e. The zero-order chi connectivity index (χ0) is 21.5. The number of imidazole rings is 1. The van der Waals surface area contributed by atoms with Gasteiger partial charge in [-0.15, -0.1) is 11.3 Å². The Balaban J connectivity index is 1.59. The van der Waals surface area contributed by atoms with Crippen LogP contribution >= 0.6 is 11.3 Å². The quantitative estimate of drug-likeness (QED) is 0.424. The van der Waals surface area contributed by atoms with E-state index in [1.54, 1.807) is 24.3 Å². The zero-order valence-corrected chi connectivity index (χ0v) is 17.0. The first-order chi connectivity index (χ1) is 14.2. The number of thiophene rings is 1. The molecule has 4 aromatic rings. The number of halogens is 2. The Kier molecular flexibility index (Phi) is 5.00. The summed E-state index contributed by atoms with van der Waals surface area (Å²) in [7, 11) is -4.02. The van der Waals surface area contributed by atoms with Crippen LogP contribution in [0.4, 0.5) is 20.4 Å². The van der Waals surface area contributed by atoms with Crippen LogP contribution in [0.5, 0.6) is 0 Å². The summed E-state index contributed by atoms with van der Waals surface area (Å²) >= 11 is 0.936. The van der Waals surface area contributed by atoms with Gasteiger partial charge in [0.25, 0.3) is 15.9 Å². The van der Waals surface area contributed by atoms with Crippen LogP contribution in [-0.2, 0) is 10.0 Å². The van der Waals surface area contributed by atoms with Gasteiger partial charge in [0.2, 0.25) is 5.95 Å². The maximum Gasteiger partial charge on any atom is 0.269 e. The van der Waals surface area contributed by atoms with Gasteiger partial charge in [-0.25, -0.2) is 22.2 Å². The van der Waals surface area contributed by atoms with Crippen molar-refractivity contribution in [3.8, 4) is 0 Å². The Labute approximate surface area is 173 Å². The number of aryl methyl sites for hydroxylation is 1. The molecule has 154 valence electrons. The summed E-state index contributed by atoms with van der Waals surface area (Å²) in [4.78, 5) is 19.0. The van der Waals surface area contributed by atoms with Crippen LogP contribution in [0, 0.1) is 18.6 Å². The van der Waals surface area contributed by atoms with E-state index in [4.69, 9.17) is 0 Å². The van der Waals surface area contributed by atoms with E-state index in [1.165, 1.54) is 11.4 Å². The van der Waals surface area contributed by atoms with Crippen molar-refractivity contribution in [2.45, 2.75) is 11.8 Å². The largest absolute Gasteiger partial charge is 0.324 e. The van der Waals surface area contributed by atoms with Crippen molar-refractivity contribution in [3.05, 3.63) is 69.9 Å². The summed E-state index contributed by atoms with van der Waals surface area (Å²) in [6.07, 6.45) is 0. The number of aromatic nitrogens is 2. The third kappa shape index (κ3) is 3.89. The van der Waals surface area contributed by atoms with E-state index in [9.17, 15) is 22.0 Å². The van der Waals surface area contributed by atoms with Crippen molar-refractivity contribution in [1.29, 1.82) is 0 Å². The summed E-state index contributed by atoms with van der Waals surface area (Å²) in [5.74, 6) is -2.92. The third-order valence-corrected chi connectivity index (χ3v) is 6.65. The van der Waals surface area contributed by atoms with Gasteiger partial charge in [0.05, 0.1) is 11.0 Å². The first-order valence-electron chi connectivity index (χ1n) is 8.56. The topological polar surface area (TPSA) is 104 Å². The normalized spacial score (nSPS) is 11.6. The van der Waals surface area contributed by atoms with Crippen molar-refractivity contribution in [2.24, 2.45) is 0 Å². The van der Waals surface area contributed by atoms with E-state index in [-0.39, 0.29) is 26.8 Å². The molecule has 30 heavy (non-hydrogen) atoms. The smallest absolute Gasteiger partial charge is 0.269 e. The van der Waals surface area contributed by atoms with Crippen LogP contribution in [0.15, 0.2) is 52.7 Å². The number of carbonyl (C=O) groups is 1. The number of amides is 1. The Bertz CT molecular complexity index is 1320. The Morgan fingerprint density at radius 1 is 1.10 bits per heavy atom. The van der Waals surface area contributed by atoms with Crippen molar-refractivity contribution in [1.82, 2.24) is 9.97 Å². The third-order valence-electron chi connectivity index (χ3n) is 4.18. The number of hydrogen-bond acceptors (Lipinski definition) is 5. The minimum atomic E-state index is -4.02. The number of anilines is 2. The highest BCUT2D eigenvalue weighted by Gasteiger charge is 2.25. The van der Waals surface area contributed by atoms with Gasteiger partial charge in [0.15, 0.2) is 11.6 Å². The molecule has 3 N–H and O–H groups in total. The number of rotatable bonds is 5. The van der Waals surface area contributed by atoms with E-state index < -0.39 is 27.6 Å². The number of aromatic amines is 1. The van der Waals surface area contributed by atoms with Gasteiger partial charge in [-0.3, -0.25) is 14.8 Å². The lowest BCUT2D eigenvalue weighted by Gasteiger charge is -2.09. The molecule has 0 unspecified atom stereocenters. The fraction of sp³-hybridized carbons (Fsp3) is 0.0526. The molecule has 2 aromatic heterocycles. The molecule has 0 aliphatic rings. The lowest BCUT2D eigenvalue weighted by molar-refractivity contribution is 0.102. The molecule has 0 spiro atoms. The maximum absolute atomic E-state index is 13.3. The van der Waals surface area contributed by atoms with Crippen LogP contribution in [0.2, 0.25) is 0 Å². The summed E-state index contributed by atoms with van der Waals surface area (Å²) in [5.41, 5.74) is 1.63. The number of H-pyrrole nitrogens is 1. The SMILES string of the molecule is Cc1ccc(NS(=O)(=O)c2ccsc2C(=O)Nc2nc3cc(F)c(F)cc3[nH]2)cc1. The van der Waals surface area contributed by atoms with Gasteiger partial charge in [-0.2, -0.15) is 0 Å². The van der Waals surface area contributed by atoms with Crippen molar-refractivity contribution >= 4 is 49.9 Å². The lowest BCUT2D eigenvalue weighted by Crippen LogP contribution is -2.18. The van der Waals surface area contributed by atoms with Crippen LogP contribution in [0.25, 0.3) is 11.0 Å². The molecule has 0 aliphatic carbocycles. The van der Waals surface area contributed by atoms with Crippen LogP contribution in [0.1, 0.15) is 15.2 Å². The molecule has 0 atom stereocenters. The first-order valence-corrected chi connectivity index (χ1v) is 10.9. The Morgan fingerprint density at radius 2 is 1.80 bits per heavy atom. The molecule has 1 amide bonds. The van der Waals surface area contributed by atoms with Crippen LogP contribution in [0.3, 0.4) is 0 Å². The van der Waals surface area contributed by atoms with Crippen LogP contribution in [-0.4, -0.2) is 24.3 Å². The van der Waals surface area contributed by atoms with E-state index in [2.05, 4.69) is 20.0 Å². The van der Waals surface area contributed by atoms with E-state index >= 15 is 0 Å². The average molecular weight is 448 g/mol. The van der Waals surface area contributed by atoms with Gasteiger partial charge in [-0.05, 0) is 30.5 Å². The average Bonchev–Trinajstić information content (AvgIpc) is 3.31. The Hall–Kier alpha value is -3.31. The molecule has 0 fully saturated rings. The number of carbonyl (C=O) groups excluding carboxylic acids is 1. The molecular weight excluding hydrogens is 434 g/mol. The predicted octanol–water partition coefficient (Wildman–Crippen LogP) is 4.26. The molecule has 0 saturated carbocycles. The van der Waals surface area contributed by atoms with Gasteiger partial charge >= 0.3 is 0 Å². The highest BCUT2D eigenvalue weighted by atomic mass is 32.2.